The van der Waals surface area contributed by atoms with Crippen LogP contribution in [0.3, 0.4) is 0 Å². The van der Waals surface area contributed by atoms with Gasteiger partial charge in [0.05, 0.1) is 12.9 Å². The molecule has 128 valence electrons. The average molecular weight is 340 g/mol. The number of aromatic nitrogens is 2. The summed E-state index contributed by atoms with van der Waals surface area (Å²) >= 11 is 0. The zero-order valence-electron chi connectivity index (χ0n) is 13.7. The fourth-order valence-electron chi connectivity index (χ4n) is 1.89. The number of nitrogens with one attached hydrogen (secondary N) is 3. The van der Waals surface area contributed by atoms with Crippen LogP contribution in [-0.4, -0.2) is 34.2 Å². The lowest BCUT2D eigenvalue weighted by molar-refractivity contribution is -0.110. The lowest BCUT2D eigenvalue weighted by Crippen LogP contribution is -2.22. The number of benzene rings is 1. The largest absolute Gasteiger partial charge is 0.461 e. The Morgan fingerprint density at radius 1 is 1.44 bits per heavy atom. The molecule has 0 spiro atoms. The van der Waals surface area contributed by atoms with Gasteiger partial charge in [-0.3, -0.25) is 10.2 Å². The van der Waals surface area contributed by atoms with Gasteiger partial charge in [-0.1, -0.05) is 12.1 Å². The first kappa shape index (κ1) is 17.7. The number of nitrogens with zero attached hydrogens (tertiary/aromatic N) is 3. The second-order valence-corrected chi connectivity index (χ2v) is 4.85. The first-order chi connectivity index (χ1) is 12.0. The highest BCUT2D eigenvalue weighted by Gasteiger charge is 2.16. The zero-order chi connectivity index (χ0) is 18.2. The van der Waals surface area contributed by atoms with Crippen molar-refractivity contribution in [1.29, 1.82) is 5.26 Å². The van der Waals surface area contributed by atoms with Crippen molar-refractivity contribution in [3.63, 3.8) is 0 Å². The van der Waals surface area contributed by atoms with Crippen LogP contribution in [-0.2, 0) is 9.53 Å². The predicted molar refractivity (Wildman–Crippen MR) is 91.0 cm³/mol. The molecule has 1 aromatic heterocycles. The highest BCUT2D eigenvalue weighted by atomic mass is 16.5. The van der Waals surface area contributed by atoms with Crippen molar-refractivity contribution < 1.29 is 14.3 Å². The van der Waals surface area contributed by atoms with Gasteiger partial charge in [0, 0.05) is 5.69 Å². The first-order valence-electron chi connectivity index (χ1n) is 7.37. The van der Waals surface area contributed by atoms with Gasteiger partial charge >= 0.3 is 5.97 Å². The summed E-state index contributed by atoms with van der Waals surface area (Å²) in [5, 5.41) is 15.4. The van der Waals surface area contributed by atoms with Crippen molar-refractivity contribution in [2.24, 2.45) is 5.10 Å². The van der Waals surface area contributed by atoms with E-state index in [0.717, 1.165) is 5.56 Å². The maximum Gasteiger partial charge on any atom is 0.358 e. The number of H-pyrrole nitrogens is 1. The third-order valence-corrected chi connectivity index (χ3v) is 2.99. The van der Waals surface area contributed by atoms with Gasteiger partial charge in [-0.25, -0.2) is 9.78 Å². The quantitative estimate of drug-likeness (QED) is 0.417. The van der Waals surface area contributed by atoms with E-state index < -0.39 is 17.6 Å². The van der Waals surface area contributed by atoms with E-state index in [0.29, 0.717) is 5.69 Å². The van der Waals surface area contributed by atoms with Crippen LogP contribution in [0.1, 0.15) is 23.0 Å². The summed E-state index contributed by atoms with van der Waals surface area (Å²) in [5.41, 5.74) is 3.55. The number of imidazole rings is 1. The van der Waals surface area contributed by atoms with Crippen molar-refractivity contribution in [1.82, 2.24) is 9.97 Å². The second kappa shape index (κ2) is 8.26. The topological polar surface area (TPSA) is 132 Å². The molecule has 2 rings (SSSR count). The smallest absolute Gasteiger partial charge is 0.358 e. The molecule has 0 saturated carbocycles. The molecule has 0 atom stereocenters. The molecule has 0 radical (unpaired) electrons. The van der Waals surface area contributed by atoms with Gasteiger partial charge in [-0.2, -0.15) is 10.4 Å². The van der Waals surface area contributed by atoms with Crippen molar-refractivity contribution in [3.05, 3.63) is 41.9 Å². The molecule has 1 heterocycles. The normalized spacial score (nSPS) is 10.7. The van der Waals surface area contributed by atoms with Crippen molar-refractivity contribution in [3.8, 4) is 6.07 Å². The molecule has 0 fully saturated rings. The Bertz CT molecular complexity index is 850. The Morgan fingerprint density at radius 3 is 2.92 bits per heavy atom. The summed E-state index contributed by atoms with van der Waals surface area (Å²) in [4.78, 5) is 30.3. The summed E-state index contributed by atoms with van der Waals surface area (Å²) in [5.74, 6) is -1.26. The lowest BCUT2D eigenvalue weighted by Gasteiger charge is -2.05. The third kappa shape index (κ3) is 4.65. The standard InChI is InChI=1S/C16H16N6O3/c1-3-25-16(24)13-14(19-9-18-13)22-21-12(8-17)15(23)20-11-6-4-5-10(2)7-11/h4-7,9,22H,3H2,1-2H3,(H,18,19)(H,20,23)/b21-12-. The fraction of sp³-hybridized carbons (Fsp3) is 0.188. The minimum Gasteiger partial charge on any atom is -0.461 e. The fourth-order valence-corrected chi connectivity index (χ4v) is 1.89. The van der Waals surface area contributed by atoms with E-state index >= 15 is 0 Å². The van der Waals surface area contributed by atoms with E-state index in [2.05, 4.69) is 25.8 Å². The number of hydrogen-bond donors (Lipinski definition) is 3. The first-order valence-corrected chi connectivity index (χ1v) is 7.37. The molecule has 1 aromatic carbocycles. The Kier molecular flexibility index (Phi) is 5.84. The SMILES string of the molecule is CCOC(=O)c1[nH]cnc1N/N=C(/C#N)C(=O)Nc1cccc(C)c1. The molecule has 0 bridgehead atoms. The lowest BCUT2D eigenvalue weighted by atomic mass is 10.2. The zero-order valence-corrected chi connectivity index (χ0v) is 13.7. The number of carbonyl (C=O) groups is 2. The van der Waals surface area contributed by atoms with Gasteiger partial charge in [-0.05, 0) is 31.5 Å². The minimum atomic E-state index is -0.686. The summed E-state index contributed by atoms with van der Waals surface area (Å²) in [6, 6.07) is 8.80. The van der Waals surface area contributed by atoms with Crippen LogP contribution in [0.2, 0.25) is 0 Å². The number of hydrogen-bond acceptors (Lipinski definition) is 7. The van der Waals surface area contributed by atoms with Crippen LogP contribution in [0, 0.1) is 18.3 Å². The van der Waals surface area contributed by atoms with Crippen LogP contribution >= 0.6 is 0 Å². The van der Waals surface area contributed by atoms with Gasteiger partial charge < -0.3 is 15.0 Å². The van der Waals surface area contributed by atoms with E-state index in [1.165, 1.54) is 6.33 Å². The molecule has 0 unspecified atom stereocenters. The number of esters is 1. The van der Waals surface area contributed by atoms with Crippen LogP contribution in [0.15, 0.2) is 35.7 Å². The van der Waals surface area contributed by atoms with Gasteiger partial charge in [-0.15, -0.1) is 0 Å². The van der Waals surface area contributed by atoms with Gasteiger partial charge in [0.1, 0.15) is 6.07 Å². The molecule has 3 N–H and O–H groups in total. The van der Waals surface area contributed by atoms with E-state index in [1.807, 2.05) is 13.0 Å². The van der Waals surface area contributed by atoms with Crippen molar-refractivity contribution >= 4 is 29.1 Å². The highest BCUT2D eigenvalue weighted by molar-refractivity contribution is 6.48. The monoisotopic (exact) mass is 340 g/mol. The summed E-state index contributed by atoms with van der Waals surface area (Å²) in [6.07, 6.45) is 1.27. The number of nitriles is 1. The predicted octanol–water partition coefficient (Wildman–Crippen LogP) is 1.82. The molecule has 0 aliphatic heterocycles. The number of rotatable bonds is 6. The molecule has 9 heteroatoms. The number of anilines is 2. The summed E-state index contributed by atoms with van der Waals surface area (Å²) in [6.45, 7) is 3.75. The number of aryl methyl sites for hydroxylation is 1. The maximum atomic E-state index is 12.1. The number of aromatic amines is 1. The molecule has 0 saturated heterocycles. The van der Waals surface area contributed by atoms with E-state index in [1.54, 1.807) is 31.2 Å². The number of carbonyl (C=O) groups excluding carboxylic acids is 2. The Hall–Kier alpha value is -3.67. The number of hydrazone groups is 1. The average Bonchev–Trinajstić information content (AvgIpc) is 3.04. The van der Waals surface area contributed by atoms with Gasteiger partial charge in [0.25, 0.3) is 5.91 Å². The Labute approximate surface area is 143 Å². The van der Waals surface area contributed by atoms with Crippen LogP contribution in [0.4, 0.5) is 11.5 Å². The summed E-state index contributed by atoms with van der Waals surface area (Å²) < 4.78 is 4.85. The number of amides is 1. The molecule has 1 amide bonds. The van der Waals surface area contributed by atoms with Gasteiger partial charge in [0.15, 0.2) is 11.5 Å². The van der Waals surface area contributed by atoms with E-state index in [9.17, 15) is 9.59 Å². The van der Waals surface area contributed by atoms with Crippen molar-refractivity contribution in [2.75, 3.05) is 17.3 Å². The minimum absolute atomic E-state index is 0.0435. The molecule has 25 heavy (non-hydrogen) atoms. The van der Waals surface area contributed by atoms with Crippen LogP contribution in [0.25, 0.3) is 0 Å². The number of ether oxygens (including phenoxy) is 1. The Balaban J connectivity index is 2.11. The maximum absolute atomic E-state index is 12.1. The van der Waals surface area contributed by atoms with Gasteiger partial charge in [0.2, 0.25) is 5.71 Å². The van der Waals surface area contributed by atoms with Crippen LogP contribution < -0.4 is 10.7 Å². The molecule has 2 aromatic rings. The van der Waals surface area contributed by atoms with E-state index in [4.69, 9.17) is 10.00 Å². The molecular formula is C16H16N6O3. The molecule has 0 aliphatic rings. The molecule has 9 nitrogen and oxygen atoms in total. The Morgan fingerprint density at radius 2 is 2.24 bits per heavy atom. The van der Waals surface area contributed by atoms with E-state index in [-0.39, 0.29) is 18.1 Å². The van der Waals surface area contributed by atoms with Crippen LogP contribution in [0.5, 0.6) is 0 Å². The summed E-state index contributed by atoms with van der Waals surface area (Å²) in [7, 11) is 0. The highest BCUT2D eigenvalue weighted by Crippen LogP contribution is 2.12. The molecular weight excluding hydrogens is 324 g/mol. The second-order valence-electron chi connectivity index (χ2n) is 4.85. The molecule has 0 aliphatic carbocycles. The third-order valence-electron chi connectivity index (χ3n) is 2.99. The van der Waals surface area contributed by atoms with Crippen molar-refractivity contribution in [2.45, 2.75) is 13.8 Å².